The van der Waals surface area contributed by atoms with Crippen LogP contribution in [0.2, 0.25) is 0 Å². The lowest BCUT2D eigenvalue weighted by Gasteiger charge is -2.22. The van der Waals surface area contributed by atoms with E-state index in [1.54, 1.807) is 12.1 Å². The summed E-state index contributed by atoms with van der Waals surface area (Å²) in [5, 5.41) is 6.29. The Bertz CT molecular complexity index is 993. The predicted octanol–water partition coefficient (Wildman–Crippen LogP) is 2.83. The summed E-state index contributed by atoms with van der Waals surface area (Å²) < 4.78 is 0. The third-order valence-corrected chi connectivity index (χ3v) is 5.70. The number of hydrogen-bond acceptors (Lipinski definition) is 4. The van der Waals surface area contributed by atoms with E-state index >= 15 is 0 Å². The Hall–Kier alpha value is -2.99. The lowest BCUT2D eigenvalue weighted by molar-refractivity contribution is 0.0922. The second kappa shape index (κ2) is 7.79. The first kappa shape index (κ1) is 19.3. The molecule has 0 aliphatic carbocycles. The van der Waals surface area contributed by atoms with Gasteiger partial charge in [0.05, 0.1) is 16.8 Å². The van der Waals surface area contributed by atoms with Gasteiger partial charge in [-0.2, -0.15) is 0 Å². The highest BCUT2D eigenvalue weighted by molar-refractivity contribution is 6.35. The molecule has 2 aliphatic heterocycles. The minimum absolute atomic E-state index is 0.219. The summed E-state index contributed by atoms with van der Waals surface area (Å²) in [6.45, 7) is 6.33. The monoisotopic (exact) mass is 391 g/mol. The molecule has 2 heterocycles. The fourth-order valence-electron chi connectivity index (χ4n) is 4.00. The zero-order valence-electron chi connectivity index (χ0n) is 16.7. The summed E-state index contributed by atoms with van der Waals surface area (Å²) in [5.41, 5.74) is 3.43. The van der Waals surface area contributed by atoms with Gasteiger partial charge in [0.1, 0.15) is 0 Å². The molecule has 6 heteroatoms. The van der Waals surface area contributed by atoms with E-state index in [9.17, 15) is 14.4 Å². The van der Waals surface area contributed by atoms with Crippen molar-refractivity contribution in [2.24, 2.45) is 5.92 Å². The van der Waals surface area contributed by atoms with Gasteiger partial charge in [-0.05, 0) is 81.1 Å². The zero-order valence-corrected chi connectivity index (χ0v) is 16.7. The second-order valence-electron chi connectivity index (χ2n) is 7.92. The number of benzene rings is 2. The minimum atomic E-state index is -0.384. The van der Waals surface area contributed by atoms with E-state index in [0.29, 0.717) is 29.3 Å². The Labute approximate surface area is 170 Å². The number of carbonyl (C=O) groups excluding carboxylic acids is 3. The SMILES string of the molecule is Cc1ccc(C)c(N2C(=O)c3ccc(C(=O)NCC4CCCNC4)cc3C2=O)c1. The van der Waals surface area contributed by atoms with E-state index in [2.05, 4.69) is 10.6 Å². The van der Waals surface area contributed by atoms with Gasteiger partial charge in [-0.15, -0.1) is 0 Å². The highest BCUT2D eigenvalue weighted by Gasteiger charge is 2.37. The van der Waals surface area contributed by atoms with E-state index in [1.165, 1.54) is 11.0 Å². The van der Waals surface area contributed by atoms with Gasteiger partial charge < -0.3 is 10.6 Å². The van der Waals surface area contributed by atoms with Crippen molar-refractivity contribution in [1.82, 2.24) is 10.6 Å². The number of amides is 3. The Morgan fingerprint density at radius 2 is 1.90 bits per heavy atom. The molecule has 3 amide bonds. The first-order valence-electron chi connectivity index (χ1n) is 10.0. The number of imide groups is 1. The average Bonchev–Trinajstić information content (AvgIpc) is 2.98. The van der Waals surface area contributed by atoms with Crippen molar-refractivity contribution in [2.75, 3.05) is 24.5 Å². The predicted molar refractivity (Wildman–Crippen MR) is 111 cm³/mol. The van der Waals surface area contributed by atoms with Crippen LogP contribution in [0.1, 0.15) is 55.0 Å². The fraction of sp³-hybridized carbons (Fsp3) is 0.348. The molecule has 1 unspecified atom stereocenters. The molecule has 0 aromatic heterocycles. The molecule has 0 saturated carbocycles. The maximum atomic E-state index is 13.0. The highest BCUT2D eigenvalue weighted by Crippen LogP contribution is 2.31. The highest BCUT2D eigenvalue weighted by atomic mass is 16.2. The molecule has 2 aromatic carbocycles. The quantitative estimate of drug-likeness (QED) is 0.786. The van der Waals surface area contributed by atoms with Crippen molar-refractivity contribution in [3.63, 3.8) is 0 Å². The summed E-state index contributed by atoms with van der Waals surface area (Å²) in [6, 6.07) is 10.4. The van der Waals surface area contributed by atoms with E-state index in [1.807, 2.05) is 32.0 Å². The topological polar surface area (TPSA) is 78.5 Å². The largest absolute Gasteiger partial charge is 0.352 e. The number of anilines is 1. The number of rotatable bonds is 4. The molecule has 4 rings (SSSR count). The molecule has 0 radical (unpaired) electrons. The van der Waals surface area contributed by atoms with Crippen molar-refractivity contribution in [2.45, 2.75) is 26.7 Å². The summed E-state index contributed by atoms with van der Waals surface area (Å²) in [6.07, 6.45) is 2.21. The van der Waals surface area contributed by atoms with Crippen LogP contribution in [0, 0.1) is 19.8 Å². The maximum absolute atomic E-state index is 13.0. The van der Waals surface area contributed by atoms with Gasteiger partial charge in [-0.25, -0.2) is 4.90 Å². The summed E-state index contributed by atoms with van der Waals surface area (Å²) >= 11 is 0. The molecule has 6 nitrogen and oxygen atoms in total. The minimum Gasteiger partial charge on any atom is -0.352 e. The Balaban J connectivity index is 1.55. The molecule has 0 bridgehead atoms. The van der Waals surface area contributed by atoms with Crippen LogP contribution in [0.5, 0.6) is 0 Å². The van der Waals surface area contributed by atoms with Crippen molar-refractivity contribution < 1.29 is 14.4 Å². The average molecular weight is 391 g/mol. The van der Waals surface area contributed by atoms with Crippen LogP contribution >= 0.6 is 0 Å². The lowest BCUT2D eigenvalue weighted by atomic mass is 9.99. The third-order valence-electron chi connectivity index (χ3n) is 5.70. The van der Waals surface area contributed by atoms with Gasteiger partial charge in [0.25, 0.3) is 17.7 Å². The number of aryl methyl sites for hydroxylation is 2. The molecule has 150 valence electrons. The van der Waals surface area contributed by atoms with Crippen LogP contribution in [-0.4, -0.2) is 37.4 Å². The van der Waals surface area contributed by atoms with Crippen LogP contribution in [-0.2, 0) is 0 Å². The fourth-order valence-corrected chi connectivity index (χ4v) is 4.00. The summed E-state index contributed by atoms with van der Waals surface area (Å²) in [4.78, 5) is 39.7. The van der Waals surface area contributed by atoms with Gasteiger partial charge in [0, 0.05) is 12.1 Å². The van der Waals surface area contributed by atoms with Gasteiger partial charge in [-0.3, -0.25) is 14.4 Å². The molecule has 2 N–H and O–H groups in total. The van der Waals surface area contributed by atoms with Crippen molar-refractivity contribution >= 4 is 23.4 Å². The van der Waals surface area contributed by atoms with Crippen LogP contribution in [0.4, 0.5) is 5.69 Å². The molecule has 1 saturated heterocycles. The normalized spacial score (nSPS) is 18.7. The molecular formula is C23H25N3O3. The Morgan fingerprint density at radius 3 is 2.66 bits per heavy atom. The number of nitrogens with zero attached hydrogens (tertiary/aromatic N) is 1. The molecule has 0 spiro atoms. The van der Waals surface area contributed by atoms with Crippen LogP contribution < -0.4 is 15.5 Å². The number of hydrogen-bond donors (Lipinski definition) is 2. The van der Waals surface area contributed by atoms with Gasteiger partial charge in [0.15, 0.2) is 0 Å². The molecular weight excluding hydrogens is 366 g/mol. The molecule has 1 fully saturated rings. The van der Waals surface area contributed by atoms with Gasteiger partial charge in [0.2, 0.25) is 0 Å². The summed E-state index contributed by atoms with van der Waals surface area (Å²) in [5.74, 6) is -0.530. The molecule has 2 aromatic rings. The molecule has 1 atom stereocenters. The maximum Gasteiger partial charge on any atom is 0.266 e. The number of carbonyl (C=O) groups is 3. The van der Waals surface area contributed by atoms with Gasteiger partial charge >= 0.3 is 0 Å². The smallest absolute Gasteiger partial charge is 0.266 e. The van der Waals surface area contributed by atoms with Crippen LogP contribution in [0.25, 0.3) is 0 Å². The van der Waals surface area contributed by atoms with Gasteiger partial charge in [-0.1, -0.05) is 12.1 Å². The van der Waals surface area contributed by atoms with Crippen molar-refractivity contribution in [3.8, 4) is 0 Å². The zero-order chi connectivity index (χ0) is 20.5. The first-order chi connectivity index (χ1) is 14.0. The van der Waals surface area contributed by atoms with Crippen molar-refractivity contribution in [1.29, 1.82) is 0 Å². The second-order valence-corrected chi connectivity index (χ2v) is 7.92. The number of fused-ring (bicyclic) bond motifs is 1. The van der Waals surface area contributed by atoms with E-state index < -0.39 is 0 Å². The summed E-state index contributed by atoms with van der Waals surface area (Å²) in [7, 11) is 0. The van der Waals surface area contributed by atoms with E-state index in [-0.39, 0.29) is 23.3 Å². The third kappa shape index (κ3) is 3.68. The Morgan fingerprint density at radius 1 is 1.10 bits per heavy atom. The van der Waals surface area contributed by atoms with E-state index in [4.69, 9.17) is 0 Å². The van der Waals surface area contributed by atoms with Crippen LogP contribution in [0.3, 0.4) is 0 Å². The van der Waals surface area contributed by atoms with E-state index in [0.717, 1.165) is 37.1 Å². The molecule has 2 aliphatic rings. The van der Waals surface area contributed by atoms with Crippen LogP contribution in [0.15, 0.2) is 36.4 Å². The number of piperidine rings is 1. The molecule has 29 heavy (non-hydrogen) atoms. The lowest BCUT2D eigenvalue weighted by Crippen LogP contribution is -2.38. The number of nitrogens with one attached hydrogen (secondary N) is 2. The standard InChI is InChI=1S/C23H25N3O3/c1-14-5-6-15(2)20(10-14)26-22(28)18-8-7-17(11-19(18)23(26)29)21(27)25-13-16-4-3-9-24-12-16/h5-8,10-11,16,24H,3-4,9,12-13H2,1-2H3,(H,25,27). The van der Waals surface area contributed by atoms with Crippen molar-refractivity contribution in [3.05, 3.63) is 64.2 Å². The Kier molecular flexibility index (Phi) is 5.20. The first-order valence-corrected chi connectivity index (χ1v) is 10.0.